The number of fused-ring (bicyclic) bond motifs is 1. The van der Waals surface area contributed by atoms with Gasteiger partial charge in [0, 0.05) is 19.9 Å². The first-order valence-corrected chi connectivity index (χ1v) is 9.26. The van der Waals surface area contributed by atoms with Gasteiger partial charge in [-0.1, -0.05) is 12.1 Å². The normalized spacial score (nSPS) is 17.6. The van der Waals surface area contributed by atoms with Gasteiger partial charge in [-0.2, -0.15) is 10.2 Å². The van der Waals surface area contributed by atoms with Gasteiger partial charge in [-0.05, 0) is 43.1 Å². The molecule has 0 spiro atoms. The molecule has 1 atom stereocenters. The fourth-order valence-electron chi connectivity index (χ4n) is 3.79. The summed E-state index contributed by atoms with van der Waals surface area (Å²) in [6.07, 6.45) is 5.57. The maximum absolute atomic E-state index is 13.1. The Bertz CT molecular complexity index is 973. The van der Waals surface area contributed by atoms with Gasteiger partial charge in [-0.3, -0.25) is 14.3 Å². The number of hydrogen-bond donors (Lipinski definition) is 0. The second-order valence-corrected chi connectivity index (χ2v) is 6.82. The molecule has 1 aromatic carbocycles. The predicted molar refractivity (Wildman–Crippen MR) is 102 cm³/mol. The molecule has 0 saturated carbocycles. The van der Waals surface area contributed by atoms with Gasteiger partial charge < -0.3 is 4.74 Å². The molecule has 1 saturated heterocycles. The van der Waals surface area contributed by atoms with E-state index in [9.17, 15) is 4.79 Å². The van der Waals surface area contributed by atoms with E-state index in [1.54, 1.807) is 24.1 Å². The SMILES string of the molecule is COCCn1c(C2CCCN2Cc2ccnnc2)nc2ccccc2c1=O. The molecule has 7 nitrogen and oxygen atoms in total. The van der Waals surface area contributed by atoms with Crippen LogP contribution in [0.15, 0.2) is 47.5 Å². The highest BCUT2D eigenvalue weighted by molar-refractivity contribution is 5.77. The monoisotopic (exact) mass is 365 g/mol. The largest absolute Gasteiger partial charge is 0.383 e. The van der Waals surface area contributed by atoms with E-state index in [0.717, 1.165) is 42.8 Å². The van der Waals surface area contributed by atoms with Crippen LogP contribution in [0.25, 0.3) is 10.9 Å². The maximum Gasteiger partial charge on any atom is 0.261 e. The fraction of sp³-hybridized carbons (Fsp3) is 0.400. The van der Waals surface area contributed by atoms with Crippen molar-refractivity contribution >= 4 is 10.9 Å². The highest BCUT2D eigenvalue weighted by Crippen LogP contribution is 2.32. The van der Waals surface area contributed by atoms with Crippen molar-refractivity contribution in [1.82, 2.24) is 24.6 Å². The number of methoxy groups -OCH3 is 1. The molecule has 0 radical (unpaired) electrons. The average molecular weight is 365 g/mol. The van der Waals surface area contributed by atoms with Crippen molar-refractivity contribution in [3.8, 4) is 0 Å². The van der Waals surface area contributed by atoms with Crippen molar-refractivity contribution in [2.75, 3.05) is 20.3 Å². The number of para-hydroxylation sites is 1. The van der Waals surface area contributed by atoms with E-state index >= 15 is 0 Å². The first-order chi connectivity index (χ1) is 13.3. The molecule has 1 aliphatic rings. The lowest BCUT2D eigenvalue weighted by molar-refractivity contribution is 0.178. The minimum Gasteiger partial charge on any atom is -0.383 e. The number of rotatable bonds is 6. The highest BCUT2D eigenvalue weighted by Gasteiger charge is 2.30. The van der Waals surface area contributed by atoms with Crippen molar-refractivity contribution in [3.05, 3.63) is 64.5 Å². The number of benzene rings is 1. The number of hydrogen-bond acceptors (Lipinski definition) is 6. The van der Waals surface area contributed by atoms with Crippen LogP contribution in [0.1, 0.15) is 30.3 Å². The van der Waals surface area contributed by atoms with E-state index in [0.29, 0.717) is 18.5 Å². The fourth-order valence-corrected chi connectivity index (χ4v) is 3.79. The van der Waals surface area contributed by atoms with Crippen molar-refractivity contribution in [3.63, 3.8) is 0 Å². The van der Waals surface area contributed by atoms with Gasteiger partial charge >= 0.3 is 0 Å². The van der Waals surface area contributed by atoms with E-state index < -0.39 is 0 Å². The number of likely N-dealkylation sites (tertiary alicyclic amines) is 1. The molecule has 0 aliphatic carbocycles. The van der Waals surface area contributed by atoms with Gasteiger partial charge in [0.25, 0.3) is 5.56 Å². The second-order valence-electron chi connectivity index (χ2n) is 6.82. The van der Waals surface area contributed by atoms with Crippen LogP contribution in [0.5, 0.6) is 0 Å². The lowest BCUT2D eigenvalue weighted by atomic mass is 10.1. The van der Waals surface area contributed by atoms with E-state index in [1.807, 2.05) is 30.3 Å². The van der Waals surface area contributed by atoms with Gasteiger partial charge in [0.1, 0.15) is 5.82 Å². The van der Waals surface area contributed by atoms with Crippen LogP contribution >= 0.6 is 0 Å². The molecule has 140 valence electrons. The summed E-state index contributed by atoms with van der Waals surface area (Å²) in [5.41, 5.74) is 1.87. The van der Waals surface area contributed by atoms with Gasteiger partial charge in [0.15, 0.2) is 0 Å². The minimum absolute atomic E-state index is 0.00470. The van der Waals surface area contributed by atoms with Gasteiger partial charge in [0.05, 0.1) is 36.3 Å². The van der Waals surface area contributed by atoms with E-state index in [2.05, 4.69) is 15.1 Å². The van der Waals surface area contributed by atoms with E-state index in [1.165, 1.54) is 0 Å². The molecule has 1 unspecified atom stereocenters. The Balaban J connectivity index is 1.75. The molecule has 7 heteroatoms. The quantitative estimate of drug-likeness (QED) is 0.667. The minimum atomic E-state index is 0.00470. The lowest BCUT2D eigenvalue weighted by Gasteiger charge is -2.26. The molecule has 0 amide bonds. The van der Waals surface area contributed by atoms with E-state index in [-0.39, 0.29) is 11.6 Å². The summed E-state index contributed by atoms with van der Waals surface area (Å²) in [4.78, 5) is 20.4. The molecule has 1 aliphatic heterocycles. The summed E-state index contributed by atoms with van der Waals surface area (Å²) >= 11 is 0. The first kappa shape index (κ1) is 17.8. The molecule has 1 fully saturated rings. The van der Waals surface area contributed by atoms with Gasteiger partial charge in [-0.25, -0.2) is 4.98 Å². The molecular weight excluding hydrogens is 342 g/mol. The molecular formula is C20H23N5O2. The van der Waals surface area contributed by atoms with Crippen LogP contribution in [0.3, 0.4) is 0 Å². The summed E-state index contributed by atoms with van der Waals surface area (Å²) in [5, 5.41) is 8.48. The standard InChI is InChI=1S/C20H23N5O2/c1-27-12-11-25-19(23-17-6-3-2-5-16(17)20(25)26)18-7-4-10-24(18)14-15-8-9-21-22-13-15/h2-3,5-6,8-9,13,18H,4,7,10-12,14H2,1H3. The average Bonchev–Trinajstić information content (AvgIpc) is 3.16. The van der Waals surface area contributed by atoms with Crippen LogP contribution in [0.2, 0.25) is 0 Å². The Morgan fingerprint density at radius 1 is 1.22 bits per heavy atom. The number of nitrogens with zero attached hydrogens (tertiary/aromatic N) is 5. The summed E-state index contributed by atoms with van der Waals surface area (Å²) in [5.74, 6) is 0.829. The lowest BCUT2D eigenvalue weighted by Crippen LogP contribution is -2.33. The second kappa shape index (κ2) is 7.94. The van der Waals surface area contributed by atoms with Crippen molar-refractivity contribution in [1.29, 1.82) is 0 Å². The summed E-state index contributed by atoms with van der Waals surface area (Å²) < 4.78 is 7.03. The number of ether oxygens (including phenoxy) is 1. The Labute approximate surface area is 157 Å². The van der Waals surface area contributed by atoms with Crippen LogP contribution in [-0.2, 0) is 17.8 Å². The van der Waals surface area contributed by atoms with Crippen LogP contribution in [0.4, 0.5) is 0 Å². The van der Waals surface area contributed by atoms with Crippen molar-refractivity contribution in [2.45, 2.75) is 32.0 Å². The smallest absolute Gasteiger partial charge is 0.261 e. The summed E-state index contributed by atoms with van der Waals surface area (Å²) in [6, 6.07) is 9.64. The van der Waals surface area contributed by atoms with E-state index in [4.69, 9.17) is 9.72 Å². The Hall–Kier alpha value is -2.64. The summed E-state index contributed by atoms with van der Waals surface area (Å²) in [7, 11) is 1.65. The van der Waals surface area contributed by atoms with Gasteiger partial charge in [0.2, 0.25) is 0 Å². The zero-order chi connectivity index (χ0) is 18.6. The molecule has 3 aromatic rings. The Morgan fingerprint density at radius 2 is 2.11 bits per heavy atom. The topological polar surface area (TPSA) is 73.1 Å². The zero-order valence-corrected chi connectivity index (χ0v) is 15.4. The highest BCUT2D eigenvalue weighted by atomic mass is 16.5. The van der Waals surface area contributed by atoms with Gasteiger partial charge in [-0.15, -0.1) is 0 Å². The van der Waals surface area contributed by atoms with Crippen molar-refractivity contribution in [2.24, 2.45) is 0 Å². The predicted octanol–water partition coefficient (Wildman–Crippen LogP) is 2.17. The van der Waals surface area contributed by atoms with Crippen molar-refractivity contribution < 1.29 is 4.74 Å². The molecule has 0 N–H and O–H groups in total. The Morgan fingerprint density at radius 3 is 2.93 bits per heavy atom. The molecule has 2 aromatic heterocycles. The van der Waals surface area contributed by atoms with Crippen LogP contribution in [0, 0.1) is 0 Å². The molecule has 27 heavy (non-hydrogen) atoms. The van der Waals surface area contributed by atoms with Crippen LogP contribution < -0.4 is 5.56 Å². The first-order valence-electron chi connectivity index (χ1n) is 9.26. The molecule has 4 rings (SSSR count). The summed E-state index contributed by atoms with van der Waals surface area (Å²) in [6.45, 7) is 2.73. The molecule has 3 heterocycles. The molecule has 0 bridgehead atoms. The Kier molecular flexibility index (Phi) is 5.22. The van der Waals surface area contributed by atoms with Crippen LogP contribution in [-0.4, -0.2) is 44.9 Å². The maximum atomic E-state index is 13.1. The third-order valence-corrected chi connectivity index (χ3v) is 5.10. The third kappa shape index (κ3) is 3.61. The third-order valence-electron chi connectivity index (χ3n) is 5.10. The zero-order valence-electron chi connectivity index (χ0n) is 15.4. The number of aromatic nitrogens is 4.